The van der Waals surface area contributed by atoms with E-state index in [1.54, 1.807) is 0 Å². The van der Waals surface area contributed by atoms with Crippen LogP contribution in [-0.2, 0) is 15.4 Å². The quantitative estimate of drug-likeness (QED) is 0.510. The van der Waals surface area contributed by atoms with Crippen molar-refractivity contribution in [1.29, 1.82) is 0 Å². The van der Waals surface area contributed by atoms with Gasteiger partial charge >= 0.3 is 6.09 Å². The number of rotatable bonds is 0. The highest BCUT2D eigenvalue weighted by Gasteiger charge is 2.25. The molecular weight excluding hydrogens is 146 g/mol. The monoisotopic (exact) mass is 151 g/mol. The summed E-state index contributed by atoms with van der Waals surface area (Å²) >= 11 is -1.76. The standard InChI is InChI=1S/C3H5NO4S/c5-3(6)4-1-2-8-9(4)7/h1-2H2,(H,5,6). The molecule has 1 fully saturated rings. The van der Waals surface area contributed by atoms with E-state index in [9.17, 15) is 9.00 Å². The average Bonchev–Trinajstić information content (AvgIpc) is 2.13. The Morgan fingerprint density at radius 2 is 2.44 bits per heavy atom. The Labute approximate surface area is 54.0 Å². The molecule has 1 N–H and O–H groups in total. The van der Waals surface area contributed by atoms with Crippen molar-refractivity contribution in [3.05, 3.63) is 0 Å². The first kappa shape index (κ1) is 6.50. The van der Waals surface area contributed by atoms with E-state index in [0.29, 0.717) is 0 Å². The zero-order chi connectivity index (χ0) is 6.85. The summed E-state index contributed by atoms with van der Waals surface area (Å²) in [5.41, 5.74) is 0. The maximum Gasteiger partial charge on any atom is 0.421 e. The van der Waals surface area contributed by atoms with Crippen LogP contribution in [0.25, 0.3) is 0 Å². The van der Waals surface area contributed by atoms with E-state index in [0.717, 1.165) is 4.31 Å². The van der Waals surface area contributed by atoms with Crippen LogP contribution in [0.15, 0.2) is 0 Å². The first-order valence-corrected chi connectivity index (χ1v) is 3.30. The van der Waals surface area contributed by atoms with Gasteiger partial charge in [-0.3, -0.25) is 4.18 Å². The summed E-state index contributed by atoms with van der Waals surface area (Å²) in [4.78, 5) is 10.1. The summed E-state index contributed by atoms with van der Waals surface area (Å²) in [5, 5.41) is 8.24. The lowest BCUT2D eigenvalue weighted by atomic mass is 10.7. The van der Waals surface area contributed by atoms with Crippen LogP contribution in [0.1, 0.15) is 0 Å². The molecule has 0 aliphatic carbocycles. The van der Waals surface area contributed by atoms with Crippen molar-refractivity contribution in [3.8, 4) is 0 Å². The molecule has 0 aromatic heterocycles. The minimum atomic E-state index is -1.76. The molecule has 1 rings (SSSR count). The van der Waals surface area contributed by atoms with Gasteiger partial charge in [-0.2, -0.15) is 0 Å². The lowest BCUT2D eigenvalue weighted by Crippen LogP contribution is -2.26. The van der Waals surface area contributed by atoms with Crippen LogP contribution in [0.5, 0.6) is 0 Å². The van der Waals surface area contributed by atoms with Crippen molar-refractivity contribution in [2.45, 2.75) is 0 Å². The predicted molar refractivity (Wildman–Crippen MR) is 28.8 cm³/mol. The van der Waals surface area contributed by atoms with Gasteiger partial charge in [-0.1, -0.05) is 0 Å². The Balaban J connectivity index is 2.60. The maximum absolute atomic E-state index is 10.4. The first-order chi connectivity index (χ1) is 4.22. The smallest absolute Gasteiger partial charge is 0.421 e. The van der Waals surface area contributed by atoms with Crippen molar-refractivity contribution >= 4 is 17.4 Å². The lowest BCUT2D eigenvalue weighted by Gasteiger charge is -2.03. The first-order valence-electron chi connectivity index (χ1n) is 2.27. The van der Waals surface area contributed by atoms with Crippen LogP contribution in [0, 0.1) is 0 Å². The summed E-state index contributed by atoms with van der Waals surface area (Å²) in [6, 6.07) is 0. The van der Waals surface area contributed by atoms with Gasteiger partial charge in [-0.05, 0) is 0 Å². The number of hydrogen-bond acceptors (Lipinski definition) is 3. The zero-order valence-corrected chi connectivity index (χ0v) is 5.26. The molecule has 0 saturated carbocycles. The summed E-state index contributed by atoms with van der Waals surface area (Å²) in [6.07, 6.45) is -1.20. The summed E-state index contributed by atoms with van der Waals surface area (Å²) in [7, 11) is 0. The highest BCUT2D eigenvalue weighted by Crippen LogP contribution is 2.05. The van der Waals surface area contributed by atoms with Crippen LogP contribution in [0.4, 0.5) is 4.79 Å². The maximum atomic E-state index is 10.4. The Morgan fingerprint density at radius 3 is 2.67 bits per heavy atom. The molecule has 52 valence electrons. The average molecular weight is 151 g/mol. The number of hydrogen-bond donors (Lipinski definition) is 1. The molecule has 9 heavy (non-hydrogen) atoms. The second-order valence-corrected chi connectivity index (χ2v) is 2.53. The van der Waals surface area contributed by atoms with E-state index in [1.807, 2.05) is 0 Å². The van der Waals surface area contributed by atoms with Crippen LogP contribution in [0.2, 0.25) is 0 Å². The predicted octanol–water partition coefficient (Wildman–Crippen LogP) is -0.425. The van der Waals surface area contributed by atoms with Crippen LogP contribution in [-0.4, -0.2) is 32.9 Å². The molecule has 0 radical (unpaired) electrons. The lowest BCUT2D eigenvalue weighted by molar-refractivity contribution is 0.176. The van der Waals surface area contributed by atoms with E-state index in [2.05, 4.69) is 4.18 Å². The number of carbonyl (C=O) groups is 1. The topological polar surface area (TPSA) is 66.8 Å². The Kier molecular flexibility index (Phi) is 1.68. The van der Waals surface area contributed by atoms with Crippen LogP contribution < -0.4 is 0 Å². The molecular formula is C3H5NO4S. The van der Waals surface area contributed by atoms with Crippen LogP contribution in [0.3, 0.4) is 0 Å². The van der Waals surface area contributed by atoms with Crippen molar-refractivity contribution < 1.29 is 18.3 Å². The highest BCUT2D eigenvalue weighted by atomic mass is 32.2. The minimum absolute atomic E-state index is 0.196. The molecule has 1 aliphatic rings. The molecule has 1 atom stereocenters. The van der Waals surface area contributed by atoms with Gasteiger partial charge in [-0.25, -0.2) is 13.3 Å². The molecule has 6 heteroatoms. The zero-order valence-electron chi connectivity index (χ0n) is 4.44. The third-order valence-electron chi connectivity index (χ3n) is 0.872. The van der Waals surface area contributed by atoms with Gasteiger partial charge in [0.05, 0.1) is 13.2 Å². The minimum Gasteiger partial charge on any atom is -0.464 e. The second kappa shape index (κ2) is 2.32. The summed E-state index contributed by atoms with van der Waals surface area (Å²) in [6.45, 7) is 0.418. The van der Waals surface area contributed by atoms with Gasteiger partial charge in [-0.15, -0.1) is 0 Å². The molecule has 1 heterocycles. The van der Waals surface area contributed by atoms with E-state index < -0.39 is 17.4 Å². The Hall–Kier alpha value is -0.620. The highest BCUT2D eigenvalue weighted by molar-refractivity contribution is 7.78. The van der Waals surface area contributed by atoms with Gasteiger partial charge in [0.2, 0.25) is 0 Å². The normalized spacial score (nSPS) is 26.7. The molecule has 0 spiro atoms. The SMILES string of the molecule is O=C(O)N1CCOS1=O. The number of carboxylic acid groups (broad SMARTS) is 1. The number of amides is 1. The van der Waals surface area contributed by atoms with E-state index in [1.165, 1.54) is 0 Å². The fraction of sp³-hybridized carbons (Fsp3) is 0.667. The third-order valence-corrected chi connectivity index (χ3v) is 1.94. The van der Waals surface area contributed by atoms with Gasteiger partial charge in [0.25, 0.3) is 11.3 Å². The van der Waals surface area contributed by atoms with Crippen molar-refractivity contribution in [2.24, 2.45) is 0 Å². The van der Waals surface area contributed by atoms with E-state index in [4.69, 9.17) is 5.11 Å². The van der Waals surface area contributed by atoms with Crippen molar-refractivity contribution in [2.75, 3.05) is 13.2 Å². The molecule has 1 saturated heterocycles. The molecule has 1 amide bonds. The fourth-order valence-corrected chi connectivity index (χ4v) is 1.18. The van der Waals surface area contributed by atoms with Gasteiger partial charge in [0, 0.05) is 0 Å². The summed E-state index contributed by atoms with van der Waals surface area (Å²) in [5.74, 6) is 0. The second-order valence-electron chi connectivity index (χ2n) is 1.42. The largest absolute Gasteiger partial charge is 0.464 e. The molecule has 0 aromatic rings. The van der Waals surface area contributed by atoms with E-state index >= 15 is 0 Å². The van der Waals surface area contributed by atoms with Crippen molar-refractivity contribution in [1.82, 2.24) is 4.31 Å². The fourth-order valence-electron chi connectivity index (χ4n) is 0.489. The van der Waals surface area contributed by atoms with Crippen LogP contribution >= 0.6 is 0 Å². The van der Waals surface area contributed by atoms with Gasteiger partial charge in [0.15, 0.2) is 0 Å². The van der Waals surface area contributed by atoms with Crippen molar-refractivity contribution in [3.63, 3.8) is 0 Å². The Morgan fingerprint density at radius 1 is 1.78 bits per heavy atom. The molecule has 1 unspecified atom stereocenters. The van der Waals surface area contributed by atoms with E-state index in [-0.39, 0.29) is 13.2 Å². The van der Waals surface area contributed by atoms with Gasteiger partial charge in [0.1, 0.15) is 0 Å². The van der Waals surface area contributed by atoms with Gasteiger partial charge < -0.3 is 5.11 Å². The molecule has 5 nitrogen and oxygen atoms in total. The molecule has 0 bridgehead atoms. The Bertz CT molecular complexity index is 158. The number of nitrogens with zero attached hydrogens (tertiary/aromatic N) is 1. The summed E-state index contributed by atoms with van der Waals surface area (Å²) < 4.78 is 15.6. The third kappa shape index (κ3) is 1.19. The molecule has 0 aromatic carbocycles. The molecule has 1 aliphatic heterocycles.